The van der Waals surface area contributed by atoms with E-state index in [9.17, 15) is 4.79 Å². The van der Waals surface area contributed by atoms with Crippen LogP contribution in [0.3, 0.4) is 0 Å². The van der Waals surface area contributed by atoms with E-state index in [4.69, 9.17) is 4.74 Å². The molecule has 2 aromatic rings. The molecule has 0 unspecified atom stereocenters. The molecule has 1 heterocycles. The standard InChI is InChI=1S/C17H18NO3.ClH/c1-20-16-8-5-15(6-9-16)13-18-11-3-4-14(12-18)7-10-17(19)21-2;/h3-12H,13H2,1-2H3;1H/q+1;/p-1/b10-7+;. The first kappa shape index (κ1) is 17.7. The van der Waals surface area contributed by atoms with Crippen LogP contribution in [-0.4, -0.2) is 20.2 Å². The number of nitrogens with zero attached hydrogens (tertiary/aromatic N) is 1. The minimum absolute atomic E-state index is 0. The van der Waals surface area contributed by atoms with Crippen LogP contribution in [0.4, 0.5) is 0 Å². The number of rotatable bonds is 5. The van der Waals surface area contributed by atoms with Crippen molar-refractivity contribution >= 4 is 12.0 Å². The Bertz CT molecular complexity index is 639. The zero-order valence-corrected chi connectivity index (χ0v) is 13.3. The van der Waals surface area contributed by atoms with Crippen molar-refractivity contribution in [1.29, 1.82) is 0 Å². The molecule has 1 aromatic heterocycles. The Labute approximate surface area is 136 Å². The largest absolute Gasteiger partial charge is 1.00 e. The van der Waals surface area contributed by atoms with Gasteiger partial charge in [0.1, 0.15) is 5.75 Å². The van der Waals surface area contributed by atoms with Crippen LogP contribution in [-0.2, 0) is 16.1 Å². The molecule has 0 N–H and O–H groups in total. The molecule has 22 heavy (non-hydrogen) atoms. The molecule has 4 nitrogen and oxygen atoms in total. The van der Waals surface area contributed by atoms with E-state index in [0.717, 1.165) is 17.9 Å². The fraction of sp³-hybridized carbons (Fsp3) is 0.176. The Hall–Kier alpha value is -2.33. The van der Waals surface area contributed by atoms with E-state index in [1.807, 2.05) is 48.8 Å². The van der Waals surface area contributed by atoms with Crippen LogP contribution in [0, 0.1) is 0 Å². The average molecular weight is 320 g/mol. The number of benzene rings is 1. The molecule has 0 spiro atoms. The third-order valence-corrected chi connectivity index (χ3v) is 3.02. The Balaban J connectivity index is 0.00000242. The summed E-state index contributed by atoms with van der Waals surface area (Å²) in [6.45, 7) is 0.754. The van der Waals surface area contributed by atoms with Crippen LogP contribution in [0.5, 0.6) is 5.75 Å². The van der Waals surface area contributed by atoms with Crippen molar-refractivity contribution in [2.75, 3.05) is 14.2 Å². The van der Waals surface area contributed by atoms with E-state index in [-0.39, 0.29) is 18.4 Å². The van der Waals surface area contributed by atoms with Crippen LogP contribution >= 0.6 is 0 Å². The fourth-order valence-corrected chi connectivity index (χ4v) is 1.91. The first-order valence-electron chi connectivity index (χ1n) is 6.59. The van der Waals surface area contributed by atoms with Gasteiger partial charge in [0.05, 0.1) is 14.2 Å². The summed E-state index contributed by atoms with van der Waals surface area (Å²) >= 11 is 0. The van der Waals surface area contributed by atoms with Gasteiger partial charge in [-0.25, -0.2) is 9.36 Å². The van der Waals surface area contributed by atoms with Crippen LogP contribution in [0.1, 0.15) is 11.1 Å². The maximum Gasteiger partial charge on any atom is 0.330 e. The predicted molar refractivity (Wildman–Crippen MR) is 79.8 cm³/mol. The van der Waals surface area contributed by atoms with E-state index in [1.165, 1.54) is 18.7 Å². The van der Waals surface area contributed by atoms with Gasteiger partial charge in [-0.3, -0.25) is 0 Å². The molecule has 0 aliphatic heterocycles. The van der Waals surface area contributed by atoms with Crippen molar-refractivity contribution in [1.82, 2.24) is 0 Å². The zero-order chi connectivity index (χ0) is 15.1. The van der Waals surface area contributed by atoms with Gasteiger partial charge in [-0.2, -0.15) is 0 Å². The van der Waals surface area contributed by atoms with Crippen LogP contribution < -0.4 is 21.7 Å². The summed E-state index contributed by atoms with van der Waals surface area (Å²) in [7, 11) is 3.02. The van der Waals surface area contributed by atoms with Gasteiger partial charge in [0.15, 0.2) is 18.9 Å². The van der Waals surface area contributed by atoms with Crippen molar-refractivity contribution in [3.8, 4) is 5.75 Å². The van der Waals surface area contributed by atoms with Gasteiger partial charge in [-0.05, 0) is 36.4 Å². The lowest BCUT2D eigenvalue weighted by Crippen LogP contribution is -3.00. The molecule has 1 aromatic carbocycles. The number of carbonyl (C=O) groups is 1. The Morgan fingerprint density at radius 3 is 2.55 bits per heavy atom. The Morgan fingerprint density at radius 1 is 1.18 bits per heavy atom. The van der Waals surface area contributed by atoms with Gasteiger partial charge in [-0.1, -0.05) is 0 Å². The molecular weight excluding hydrogens is 302 g/mol. The number of ether oxygens (including phenoxy) is 2. The number of hydrogen-bond acceptors (Lipinski definition) is 3. The fourth-order valence-electron chi connectivity index (χ4n) is 1.91. The molecule has 0 amide bonds. The van der Waals surface area contributed by atoms with Gasteiger partial charge < -0.3 is 21.9 Å². The SMILES string of the molecule is COC(=O)/C=C/c1ccc[n+](Cc2ccc(OC)cc2)c1.[Cl-]. The van der Waals surface area contributed by atoms with Gasteiger partial charge in [0, 0.05) is 23.3 Å². The first-order valence-corrected chi connectivity index (χ1v) is 6.59. The number of carbonyl (C=O) groups excluding carboxylic acids is 1. The summed E-state index contributed by atoms with van der Waals surface area (Å²) < 4.78 is 11.8. The predicted octanol–water partition coefficient (Wildman–Crippen LogP) is -0.779. The second kappa shape index (κ2) is 8.85. The lowest BCUT2D eigenvalue weighted by molar-refractivity contribution is -0.688. The molecule has 0 atom stereocenters. The third kappa shape index (κ3) is 5.22. The number of methoxy groups -OCH3 is 2. The molecule has 0 aliphatic carbocycles. The van der Waals surface area contributed by atoms with Crippen molar-refractivity contribution in [2.24, 2.45) is 0 Å². The molecule has 2 rings (SSSR count). The molecule has 5 heteroatoms. The van der Waals surface area contributed by atoms with Gasteiger partial charge in [0.2, 0.25) is 0 Å². The number of pyridine rings is 1. The maximum atomic E-state index is 11.1. The molecule has 0 bridgehead atoms. The summed E-state index contributed by atoms with van der Waals surface area (Å²) in [5.74, 6) is 0.485. The number of esters is 1. The van der Waals surface area contributed by atoms with Gasteiger partial charge >= 0.3 is 5.97 Å². The highest BCUT2D eigenvalue weighted by Gasteiger charge is 2.04. The van der Waals surface area contributed by atoms with Crippen molar-refractivity contribution in [3.63, 3.8) is 0 Å². The zero-order valence-electron chi connectivity index (χ0n) is 12.5. The minimum atomic E-state index is -0.361. The highest BCUT2D eigenvalue weighted by atomic mass is 35.5. The molecule has 0 radical (unpaired) electrons. The van der Waals surface area contributed by atoms with Crippen LogP contribution in [0.15, 0.2) is 54.9 Å². The second-order valence-corrected chi connectivity index (χ2v) is 4.51. The second-order valence-electron chi connectivity index (χ2n) is 4.51. The number of hydrogen-bond donors (Lipinski definition) is 0. The number of halogens is 1. The topological polar surface area (TPSA) is 39.4 Å². The van der Waals surface area contributed by atoms with Crippen molar-refractivity contribution in [3.05, 3.63) is 66.0 Å². The van der Waals surface area contributed by atoms with Crippen LogP contribution in [0.2, 0.25) is 0 Å². The molecule has 116 valence electrons. The van der Waals surface area contributed by atoms with Crippen molar-refractivity contribution < 1.29 is 31.2 Å². The van der Waals surface area contributed by atoms with E-state index in [1.54, 1.807) is 13.2 Å². The Morgan fingerprint density at radius 2 is 1.91 bits per heavy atom. The average Bonchev–Trinajstić information content (AvgIpc) is 2.53. The normalized spacial score (nSPS) is 10.1. The summed E-state index contributed by atoms with van der Waals surface area (Å²) in [4.78, 5) is 11.1. The smallest absolute Gasteiger partial charge is 0.330 e. The van der Waals surface area contributed by atoms with E-state index >= 15 is 0 Å². The molecule has 0 saturated carbocycles. The Kier molecular flexibility index (Phi) is 7.13. The van der Waals surface area contributed by atoms with Gasteiger partial charge in [-0.15, -0.1) is 0 Å². The van der Waals surface area contributed by atoms with E-state index in [2.05, 4.69) is 9.30 Å². The summed E-state index contributed by atoms with van der Waals surface area (Å²) in [6, 6.07) is 11.8. The molecular formula is C17H18ClNO3. The highest BCUT2D eigenvalue weighted by Crippen LogP contribution is 2.11. The van der Waals surface area contributed by atoms with Crippen LogP contribution in [0.25, 0.3) is 6.08 Å². The summed E-state index contributed by atoms with van der Waals surface area (Å²) in [5, 5.41) is 0. The van der Waals surface area contributed by atoms with E-state index < -0.39 is 0 Å². The lowest BCUT2D eigenvalue weighted by atomic mass is 10.2. The van der Waals surface area contributed by atoms with E-state index in [0.29, 0.717) is 0 Å². The van der Waals surface area contributed by atoms with Crippen molar-refractivity contribution in [2.45, 2.75) is 6.54 Å². The monoisotopic (exact) mass is 319 g/mol. The summed E-state index contributed by atoms with van der Waals surface area (Å²) in [5.41, 5.74) is 2.12. The van der Waals surface area contributed by atoms with Gasteiger partial charge in [0.25, 0.3) is 0 Å². The highest BCUT2D eigenvalue weighted by molar-refractivity contribution is 5.86. The molecule has 0 aliphatic rings. The maximum absolute atomic E-state index is 11.1. The summed E-state index contributed by atoms with van der Waals surface area (Å²) in [6.07, 6.45) is 7.10. The lowest BCUT2D eigenvalue weighted by Gasteiger charge is -2.01. The molecule has 0 saturated heterocycles. The third-order valence-electron chi connectivity index (χ3n) is 3.02. The quantitative estimate of drug-likeness (QED) is 0.412. The first-order chi connectivity index (χ1) is 10.2. The minimum Gasteiger partial charge on any atom is -1.00 e. The molecule has 0 fully saturated rings. The number of aromatic nitrogens is 1.